The first-order valence-corrected chi connectivity index (χ1v) is 10.2. The van der Waals surface area contributed by atoms with Gasteiger partial charge in [-0.1, -0.05) is 19.1 Å². The van der Waals surface area contributed by atoms with Crippen molar-refractivity contribution in [2.24, 2.45) is 0 Å². The number of carbonyl (C=O) groups is 1. The maximum absolute atomic E-state index is 13.0. The van der Waals surface area contributed by atoms with Gasteiger partial charge < -0.3 is 19.6 Å². The van der Waals surface area contributed by atoms with Crippen molar-refractivity contribution in [3.05, 3.63) is 59.3 Å². The number of hydrogen-bond acceptors (Lipinski definition) is 5. The fraction of sp³-hybridized carbons (Fsp3) is 0.348. The average molecular weight is 430 g/mol. The number of aromatic nitrogens is 1. The van der Waals surface area contributed by atoms with Gasteiger partial charge in [-0.25, -0.2) is 0 Å². The predicted octanol–water partition coefficient (Wildman–Crippen LogP) is 4.42. The van der Waals surface area contributed by atoms with Gasteiger partial charge in [-0.2, -0.15) is 8.78 Å². The summed E-state index contributed by atoms with van der Waals surface area (Å²) in [4.78, 5) is 16.4. The lowest BCUT2D eigenvalue weighted by Gasteiger charge is -2.40. The molecule has 1 aliphatic heterocycles. The minimum Gasteiger partial charge on any atom is -0.508 e. The summed E-state index contributed by atoms with van der Waals surface area (Å²) >= 11 is 0. The monoisotopic (exact) mass is 430 g/mol. The van der Waals surface area contributed by atoms with E-state index in [-0.39, 0.29) is 24.1 Å². The molecule has 1 aromatic heterocycles. The van der Waals surface area contributed by atoms with E-state index in [4.69, 9.17) is 4.74 Å². The van der Waals surface area contributed by atoms with Crippen molar-refractivity contribution in [2.45, 2.75) is 44.9 Å². The highest BCUT2D eigenvalue weighted by Gasteiger charge is 2.46. The van der Waals surface area contributed by atoms with Gasteiger partial charge in [0.2, 0.25) is 0 Å². The van der Waals surface area contributed by atoms with E-state index in [9.17, 15) is 18.7 Å². The van der Waals surface area contributed by atoms with Gasteiger partial charge >= 0.3 is 12.6 Å². The molecule has 0 bridgehead atoms. The highest BCUT2D eigenvalue weighted by molar-refractivity contribution is 5.90. The zero-order chi connectivity index (χ0) is 22.2. The van der Waals surface area contributed by atoms with Gasteiger partial charge in [0.25, 0.3) is 0 Å². The largest absolute Gasteiger partial charge is 0.508 e. The molecule has 1 aliphatic rings. The van der Waals surface area contributed by atoms with Crippen molar-refractivity contribution in [2.75, 3.05) is 6.61 Å². The molecule has 2 unspecified atom stereocenters. The molecule has 0 radical (unpaired) electrons. The first-order valence-electron chi connectivity index (χ1n) is 10.2. The molecule has 0 saturated carbocycles. The summed E-state index contributed by atoms with van der Waals surface area (Å²) in [6.07, 6.45) is 0.783. The van der Waals surface area contributed by atoms with Crippen LogP contribution in [0.2, 0.25) is 0 Å². The number of benzene rings is 2. The molecule has 4 rings (SSSR count). The topological polar surface area (TPSA) is 83.6 Å². The van der Waals surface area contributed by atoms with E-state index < -0.39 is 18.2 Å². The van der Waals surface area contributed by atoms with Crippen LogP contribution < -0.4 is 10.1 Å². The van der Waals surface area contributed by atoms with Crippen LogP contribution in [0.15, 0.2) is 42.5 Å². The number of carbonyl (C=O) groups excluding carboxylic acids is 1. The van der Waals surface area contributed by atoms with E-state index in [1.807, 2.05) is 13.0 Å². The Morgan fingerprint density at radius 2 is 2.06 bits per heavy atom. The molecule has 0 spiro atoms. The van der Waals surface area contributed by atoms with Gasteiger partial charge in [0.05, 0.1) is 12.6 Å². The normalized spacial score (nSPS) is 20.6. The Labute approximate surface area is 178 Å². The number of ether oxygens (including phenoxy) is 2. The number of phenols is 1. The molecule has 3 N–H and O–H groups in total. The lowest BCUT2D eigenvalue weighted by atomic mass is 9.80. The summed E-state index contributed by atoms with van der Waals surface area (Å²) in [5, 5.41) is 14.2. The highest BCUT2D eigenvalue weighted by atomic mass is 19.3. The Bertz CT molecular complexity index is 1110. The Morgan fingerprint density at radius 3 is 2.74 bits per heavy atom. The number of alkyl halides is 2. The zero-order valence-corrected chi connectivity index (χ0v) is 17.2. The SMILES string of the molecule is CCOC(=O)C1(CC)Cc2c([nH]c3ccc(OC(F)F)cc23)C(c2cccc(O)c2)N1. The number of esters is 1. The lowest BCUT2D eigenvalue weighted by molar-refractivity contribution is -0.152. The molecule has 0 fully saturated rings. The second-order valence-electron chi connectivity index (χ2n) is 7.61. The van der Waals surface area contributed by atoms with Gasteiger partial charge in [0.15, 0.2) is 0 Å². The molecule has 2 atom stereocenters. The van der Waals surface area contributed by atoms with Crippen molar-refractivity contribution in [3.8, 4) is 11.5 Å². The van der Waals surface area contributed by atoms with Crippen LogP contribution >= 0.6 is 0 Å². The summed E-state index contributed by atoms with van der Waals surface area (Å²) in [6.45, 7) is 0.964. The summed E-state index contributed by atoms with van der Waals surface area (Å²) in [5.74, 6) is -0.217. The maximum atomic E-state index is 13.0. The molecule has 2 heterocycles. The van der Waals surface area contributed by atoms with Crippen LogP contribution in [0.4, 0.5) is 8.78 Å². The maximum Gasteiger partial charge on any atom is 0.387 e. The van der Waals surface area contributed by atoms with Crippen LogP contribution in [0.1, 0.15) is 43.1 Å². The summed E-state index contributed by atoms with van der Waals surface area (Å²) in [6, 6.07) is 11.1. The molecular weight excluding hydrogens is 406 g/mol. The number of phenolic OH excluding ortho intramolecular Hbond substituents is 1. The van der Waals surface area contributed by atoms with Gasteiger partial charge in [-0.05, 0) is 54.8 Å². The van der Waals surface area contributed by atoms with E-state index in [2.05, 4.69) is 15.0 Å². The number of halogens is 2. The van der Waals surface area contributed by atoms with E-state index in [1.165, 1.54) is 6.07 Å². The predicted molar refractivity (Wildman–Crippen MR) is 111 cm³/mol. The fourth-order valence-corrected chi connectivity index (χ4v) is 4.29. The standard InChI is InChI=1S/C23H24F2N2O4/c1-3-23(21(29)30-4-2)12-17-16-11-15(31-22(24)25)8-9-18(16)26-20(17)19(27-23)13-6-5-7-14(28)10-13/h5-11,19,22,26-28H,3-4,12H2,1-2H3. The summed E-state index contributed by atoms with van der Waals surface area (Å²) < 4.78 is 35.5. The van der Waals surface area contributed by atoms with E-state index in [0.29, 0.717) is 18.2 Å². The number of H-pyrrole nitrogens is 1. The summed E-state index contributed by atoms with van der Waals surface area (Å²) in [5.41, 5.74) is 2.14. The van der Waals surface area contributed by atoms with Crippen molar-refractivity contribution in [1.82, 2.24) is 10.3 Å². The smallest absolute Gasteiger partial charge is 0.387 e. The Kier molecular flexibility index (Phi) is 5.58. The van der Waals surface area contributed by atoms with Gasteiger partial charge in [-0.3, -0.25) is 10.1 Å². The van der Waals surface area contributed by atoms with Crippen molar-refractivity contribution >= 4 is 16.9 Å². The minimum absolute atomic E-state index is 0.0509. The second-order valence-corrected chi connectivity index (χ2v) is 7.61. The number of nitrogens with one attached hydrogen (secondary N) is 2. The summed E-state index contributed by atoms with van der Waals surface area (Å²) in [7, 11) is 0. The van der Waals surface area contributed by atoms with Crippen molar-refractivity contribution in [3.63, 3.8) is 0 Å². The highest BCUT2D eigenvalue weighted by Crippen LogP contribution is 2.41. The average Bonchev–Trinajstić information content (AvgIpc) is 3.10. The van der Waals surface area contributed by atoms with Crippen LogP contribution in [0.25, 0.3) is 10.9 Å². The number of rotatable bonds is 6. The Balaban J connectivity index is 1.90. The minimum atomic E-state index is -2.93. The molecule has 6 nitrogen and oxygen atoms in total. The lowest BCUT2D eigenvalue weighted by Crippen LogP contribution is -2.58. The first-order chi connectivity index (χ1) is 14.9. The van der Waals surface area contributed by atoms with E-state index in [0.717, 1.165) is 22.3 Å². The number of hydrogen-bond donors (Lipinski definition) is 3. The molecule has 2 aromatic carbocycles. The first kappa shape index (κ1) is 21.1. The molecule has 0 amide bonds. The molecule has 0 saturated heterocycles. The number of fused-ring (bicyclic) bond motifs is 3. The van der Waals surface area contributed by atoms with E-state index in [1.54, 1.807) is 37.3 Å². The molecule has 8 heteroatoms. The van der Waals surface area contributed by atoms with Gasteiger partial charge in [0, 0.05) is 23.0 Å². The number of aromatic hydroxyl groups is 1. The van der Waals surface area contributed by atoms with Crippen molar-refractivity contribution in [1.29, 1.82) is 0 Å². The van der Waals surface area contributed by atoms with Gasteiger partial charge in [-0.15, -0.1) is 0 Å². The number of aromatic amines is 1. The second kappa shape index (κ2) is 8.19. The molecule has 164 valence electrons. The van der Waals surface area contributed by atoms with Crippen LogP contribution in [0, 0.1) is 0 Å². The third-order valence-electron chi connectivity index (χ3n) is 5.80. The fourth-order valence-electron chi connectivity index (χ4n) is 4.29. The van der Waals surface area contributed by atoms with Crippen LogP contribution in [-0.2, 0) is 16.0 Å². The third-order valence-corrected chi connectivity index (χ3v) is 5.80. The molecule has 3 aromatic rings. The molecule has 0 aliphatic carbocycles. The molecular formula is C23H24F2N2O4. The zero-order valence-electron chi connectivity index (χ0n) is 17.2. The Morgan fingerprint density at radius 1 is 1.26 bits per heavy atom. The van der Waals surface area contributed by atoms with E-state index >= 15 is 0 Å². The molecule has 31 heavy (non-hydrogen) atoms. The van der Waals surface area contributed by atoms with Crippen LogP contribution in [0.3, 0.4) is 0 Å². The van der Waals surface area contributed by atoms with Crippen LogP contribution in [-0.4, -0.2) is 34.8 Å². The van der Waals surface area contributed by atoms with Crippen molar-refractivity contribution < 1.29 is 28.2 Å². The Hall–Kier alpha value is -3.13. The third kappa shape index (κ3) is 3.83. The van der Waals surface area contributed by atoms with Gasteiger partial charge in [0.1, 0.15) is 17.0 Å². The quantitative estimate of drug-likeness (QED) is 0.504. The van der Waals surface area contributed by atoms with Crippen LogP contribution in [0.5, 0.6) is 11.5 Å².